The molecule has 0 aliphatic carbocycles. The van der Waals surface area contributed by atoms with Crippen LogP contribution >= 0.6 is 0 Å². The molecule has 1 atom stereocenters. The number of likely N-dealkylation sites (tertiary alicyclic amines) is 1. The van der Waals surface area contributed by atoms with Gasteiger partial charge in [-0.1, -0.05) is 0 Å². The highest BCUT2D eigenvalue weighted by Crippen LogP contribution is 2.20. The Hall–Kier alpha value is -1.41. The summed E-state index contributed by atoms with van der Waals surface area (Å²) in [7, 11) is -3.32. The number of hydrogen-bond acceptors (Lipinski definition) is 4. The second kappa shape index (κ2) is 7.04. The topological polar surface area (TPSA) is 104 Å². The van der Waals surface area contributed by atoms with Crippen molar-refractivity contribution in [3.05, 3.63) is 11.1 Å². The standard InChI is InChI=1S/C13H22N2O5S/c1-9(10(2)13(17)18)12(16)15-7-5-4-6-11(15)8-14-21(3,19)20/h11,14H,4-8H2,1-3H3,(H,17,18). The van der Waals surface area contributed by atoms with Gasteiger partial charge in [-0.3, -0.25) is 4.79 Å². The molecule has 1 rings (SSSR count). The largest absolute Gasteiger partial charge is 0.478 e. The lowest BCUT2D eigenvalue weighted by atomic mass is 10.00. The first-order valence-electron chi connectivity index (χ1n) is 6.80. The SMILES string of the molecule is CC(C(=O)O)=C(C)C(=O)N1CCCCC1CNS(C)(=O)=O. The summed E-state index contributed by atoms with van der Waals surface area (Å²) in [4.78, 5) is 24.9. The first kappa shape index (κ1) is 17.6. The van der Waals surface area contributed by atoms with Gasteiger partial charge in [-0.25, -0.2) is 17.9 Å². The van der Waals surface area contributed by atoms with Crippen LogP contribution in [0.25, 0.3) is 0 Å². The first-order valence-corrected chi connectivity index (χ1v) is 8.69. The summed E-state index contributed by atoms with van der Waals surface area (Å²) in [6.45, 7) is 3.55. The van der Waals surface area contributed by atoms with Crippen LogP contribution in [-0.4, -0.2) is 55.7 Å². The number of nitrogens with one attached hydrogen (secondary N) is 1. The van der Waals surface area contributed by atoms with E-state index in [2.05, 4.69) is 4.72 Å². The van der Waals surface area contributed by atoms with E-state index in [1.807, 2.05) is 0 Å². The van der Waals surface area contributed by atoms with Crippen LogP contribution in [-0.2, 0) is 19.6 Å². The second-order valence-corrected chi connectivity index (χ2v) is 7.16. The van der Waals surface area contributed by atoms with Crippen molar-refractivity contribution >= 4 is 21.9 Å². The molecule has 0 aromatic rings. The van der Waals surface area contributed by atoms with Gasteiger partial charge in [0, 0.05) is 30.3 Å². The average Bonchev–Trinajstić information content (AvgIpc) is 2.42. The van der Waals surface area contributed by atoms with Crippen LogP contribution in [0.4, 0.5) is 0 Å². The van der Waals surface area contributed by atoms with Crippen LogP contribution in [0, 0.1) is 0 Å². The Balaban J connectivity index is 2.88. The van der Waals surface area contributed by atoms with Crippen LogP contribution in [0.3, 0.4) is 0 Å². The molecule has 0 spiro atoms. The fraction of sp³-hybridized carbons (Fsp3) is 0.692. The summed E-state index contributed by atoms with van der Waals surface area (Å²) in [6.07, 6.45) is 3.52. The summed E-state index contributed by atoms with van der Waals surface area (Å²) in [5.41, 5.74) is 0.203. The number of carboxylic acid groups (broad SMARTS) is 1. The Bertz CT molecular complexity index is 553. The van der Waals surface area contributed by atoms with Crippen molar-refractivity contribution in [3.63, 3.8) is 0 Å². The highest BCUT2D eigenvalue weighted by Gasteiger charge is 2.29. The molecule has 1 saturated heterocycles. The van der Waals surface area contributed by atoms with E-state index in [4.69, 9.17) is 5.11 Å². The van der Waals surface area contributed by atoms with E-state index < -0.39 is 16.0 Å². The van der Waals surface area contributed by atoms with Gasteiger partial charge in [-0.05, 0) is 33.1 Å². The van der Waals surface area contributed by atoms with E-state index in [1.165, 1.54) is 13.8 Å². The molecule has 1 amide bonds. The molecule has 2 N–H and O–H groups in total. The summed E-state index contributed by atoms with van der Waals surface area (Å²) in [5, 5.41) is 8.96. The van der Waals surface area contributed by atoms with E-state index in [0.29, 0.717) is 13.0 Å². The first-order chi connectivity index (χ1) is 9.63. The number of carbonyl (C=O) groups excluding carboxylic acids is 1. The molecular formula is C13H22N2O5S. The minimum atomic E-state index is -3.32. The van der Waals surface area contributed by atoms with Crippen molar-refractivity contribution in [1.29, 1.82) is 0 Å². The summed E-state index contributed by atoms with van der Waals surface area (Å²) >= 11 is 0. The quantitative estimate of drug-likeness (QED) is 0.711. The third-order valence-electron chi connectivity index (χ3n) is 3.67. The highest BCUT2D eigenvalue weighted by molar-refractivity contribution is 7.88. The van der Waals surface area contributed by atoms with Crippen LogP contribution < -0.4 is 4.72 Å². The highest BCUT2D eigenvalue weighted by atomic mass is 32.2. The van der Waals surface area contributed by atoms with Crippen molar-refractivity contribution in [2.45, 2.75) is 39.2 Å². The number of rotatable bonds is 5. The smallest absolute Gasteiger partial charge is 0.331 e. The van der Waals surface area contributed by atoms with Gasteiger partial charge in [0.1, 0.15) is 0 Å². The maximum atomic E-state index is 12.4. The minimum Gasteiger partial charge on any atom is -0.478 e. The number of nitrogens with zero attached hydrogens (tertiary/aromatic N) is 1. The zero-order chi connectivity index (χ0) is 16.2. The van der Waals surface area contributed by atoms with Crippen molar-refractivity contribution in [2.75, 3.05) is 19.3 Å². The van der Waals surface area contributed by atoms with Crippen molar-refractivity contribution in [2.24, 2.45) is 0 Å². The molecule has 0 aromatic heterocycles. The van der Waals surface area contributed by atoms with E-state index >= 15 is 0 Å². The molecule has 0 saturated carbocycles. The fourth-order valence-electron chi connectivity index (χ4n) is 2.26. The average molecular weight is 318 g/mol. The molecule has 21 heavy (non-hydrogen) atoms. The molecule has 1 aliphatic rings. The lowest BCUT2D eigenvalue weighted by molar-refractivity contribution is -0.134. The van der Waals surface area contributed by atoms with Gasteiger partial charge < -0.3 is 10.0 Å². The van der Waals surface area contributed by atoms with E-state index in [0.717, 1.165) is 19.1 Å². The molecule has 7 nitrogen and oxygen atoms in total. The van der Waals surface area contributed by atoms with E-state index in [9.17, 15) is 18.0 Å². The lowest BCUT2D eigenvalue weighted by Gasteiger charge is -2.36. The Labute approximate surface area is 125 Å². The summed E-state index contributed by atoms with van der Waals surface area (Å²) < 4.78 is 24.8. The number of hydrogen-bond donors (Lipinski definition) is 2. The zero-order valence-corrected chi connectivity index (χ0v) is 13.4. The summed E-state index contributed by atoms with van der Waals surface area (Å²) in [6, 6.07) is -0.238. The Morgan fingerprint density at radius 1 is 1.24 bits per heavy atom. The molecule has 1 unspecified atom stereocenters. The fourth-order valence-corrected chi connectivity index (χ4v) is 2.76. The molecule has 0 aromatic carbocycles. The normalized spacial score (nSPS) is 20.9. The number of sulfonamides is 1. The van der Waals surface area contributed by atoms with Gasteiger partial charge in [0.05, 0.1) is 6.26 Å². The monoisotopic (exact) mass is 318 g/mol. The van der Waals surface area contributed by atoms with Crippen LogP contribution in [0.2, 0.25) is 0 Å². The number of aliphatic carboxylic acids is 1. The van der Waals surface area contributed by atoms with E-state index in [1.54, 1.807) is 4.90 Å². The van der Waals surface area contributed by atoms with Gasteiger partial charge in [-0.15, -0.1) is 0 Å². The van der Waals surface area contributed by atoms with Gasteiger partial charge in [0.25, 0.3) is 0 Å². The summed E-state index contributed by atoms with van der Waals surface area (Å²) in [5.74, 6) is -1.46. The molecule has 1 aliphatic heterocycles. The number of piperidine rings is 1. The number of amides is 1. The Morgan fingerprint density at radius 2 is 1.86 bits per heavy atom. The molecule has 0 radical (unpaired) electrons. The van der Waals surface area contributed by atoms with Crippen molar-refractivity contribution in [3.8, 4) is 0 Å². The van der Waals surface area contributed by atoms with Crippen LogP contribution in [0.5, 0.6) is 0 Å². The third-order valence-corrected chi connectivity index (χ3v) is 4.36. The molecule has 0 bridgehead atoms. The second-order valence-electron chi connectivity index (χ2n) is 5.32. The Morgan fingerprint density at radius 3 is 2.38 bits per heavy atom. The van der Waals surface area contributed by atoms with Crippen molar-refractivity contribution < 1.29 is 23.1 Å². The maximum absolute atomic E-state index is 12.4. The molecule has 1 fully saturated rings. The zero-order valence-electron chi connectivity index (χ0n) is 12.5. The molecule has 1 heterocycles. The number of carbonyl (C=O) groups is 2. The predicted octanol–water partition coefficient (Wildman–Crippen LogP) is 0.338. The Kier molecular flexibility index (Phi) is 5.91. The molecule has 120 valence electrons. The van der Waals surface area contributed by atoms with E-state index in [-0.39, 0.29) is 29.6 Å². The minimum absolute atomic E-state index is 0.0143. The van der Waals surface area contributed by atoms with Crippen LogP contribution in [0.1, 0.15) is 33.1 Å². The third kappa shape index (κ3) is 5.13. The molecule has 8 heteroatoms. The maximum Gasteiger partial charge on any atom is 0.331 e. The number of carboxylic acids is 1. The van der Waals surface area contributed by atoms with Gasteiger partial charge in [0.15, 0.2) is 0 Å². The predicted molar refractivity (Wildman–Crippen MR) is 78.2 cm³/mol. The van der Waals surface area contributed by atoms with Gasteiger partial charge in [-0.2, -0.15) is 0 Å². The van der Waals surface area contributed by atoms with Crippen molar-refractivity contribution in [1.82, 2.24) is 9.62 Å². The van der Waals surface area contributed by atoms with Gasteiger partial charge in [0.2, 0.25) is 15.9 Å². The molecular weight excluding hydrogens is 296 g/mol. The van der Waals surface area contributed by atoms with Gasteiger partial charge >= 0.3 is 5.97 Å². The van der Waals surface area contributed by atoms with Crippen LogP contribution in [0.15, 0.2) is 11.1 Å². The lowest BCUT2D eigenvalue weighted by Crippen LogP contribution is -2.49.